The van der Waals surface area contributed by atoms with Gasteiger partial charge in [-0.05, 0) is 45.4 Å². The highest BCUT2D eigenvalue weighted by atomic mass is 16.4. The van der Waals surface area contributed by atoms with Crippen molar-refractivity contribution in [2.24, 2.45) is 11.8 Å². The summed E-state index contributed by atoms with van der Waals surface area (Å²) in [7, 11) is 0. The summed E-state index contributed by atoms with van der Waals surface area (Å²) in [6, 6.07) is 0.426. The Labute approximate surface area is 112 Å². The molecule has 3 nitrogen and oxygen atoms in total. The molecule has 3 heteroatoms. The average molecular weight is 255 g/mol. The zero-order chi connectivity index (χ0) is 13.9. The third kappa shape index (κ3) is 3.98. The van der Waals surface area contributed by atoms with Crippen molar-refractivity contribution in [2.45, 2.75) is 71.9 Å². The Bertz CT molecular complexity index is 281. The fourth-order valence-corrected chi connectivity index (χ4v) is 3.30. The van der Waals surface area contributed by atoms with Crippen LogP contribution in [0.25, 0.3) is 0 Å². The van der Waals surface area contributed by atoms with Crippen molar-refractivity contribution in [3.63, 3.8) is 0 Å². The highest BCUT2D eigenvalue weighted by Crippen LogP contribution is 2.36. The molecule has 1 aliphatic rings. The molecule has 106 valence electrons. The molecule has 0 bridgehead atoms. The molecule has 1 fully saturated rings. The number of hydrogen-bond donors (Lipinski definition) is 1. The lowest BCUT2D eigenvalue weighted by Gasteiger charge is -2.47. The SMILES string of the molecule is CC(C)C1CCCCC1N(CC(=O)O)C(C)(C)C. The van der Waals surface area contributed by atoms with Gasteiger partial charge in [0.25, 0.3) is 0 Å². The van der Waals surface area contributed by atoms with Gasteiger partial charge >= 0.3 is 5.97 Å². The van der Waals surface area contributed by atoms with Crippen LogP contribution >= 0.6 is 0 Å². The average Bonchev–Trinajstić information content (AvgIpc) is 2.24. The van der Waals surface area contributed by atoms with Gasteiger partial charge in [-0.2, -0.15) is 0 Å². The lowest BCUT2D eigenvalue weighted by molar-refractivity contribution is -0.142. The van der Waals surface area contributed by atoms with E-state index in [-0.39, 0.29) is 12.1 Å². The van der Waals surface area contributed by atoms with E-state index in [1.54, 1.807) is 0 Å². The van der Waals surface area contributed by atoms with Crippen LogP contribution in [0.15, 0.2) is 0 Å². The lowest BCUT2D eigenvalue weighted by Crippen LogP contribution is -2.54. The maximum Gasteiger partial charge on any atom is 0.317 e. The van der Waals surface area contributed by atoms with Gasteiger partial charge < -0.3 is 5.11 Å². The van der Waals surface area contributed by atoms with Crippen molar-refractivity contribution in [1.29, 1.82) is 0 Å². The number of carboxylic acid groups (broad SMARTS) is 1. The molecular formula is C15H29NO2. The van der Waals surface area contributed by atoms with Crippen LogP contribution in [0.5, 0.6) is 0 Å². The van der Waals surface area contributed by atoms with Crippen molar-refractivity contribution in [3.05, 3.63) is 0 Å². The molecule has 0 saturated heterocycles. The van der Waals surface area contributed by atoms with Crippen LogP contribution in [0, 0.1) is 11.8 Å². The fourth-order valence-electron chi connectivity index (χ4n) is 3.30. The first kappa shape index (κ1) is 15.5. The highest BCUT2D eigenvalue weighted by molar-refractivity contribution is 5.69. The molecule has 0 aromatic heterocycles. The molecule has 1 N–H and O–H groups in total. The number of carbonyl (C=O) groups is 1. The van der Waals surface area contributed by atoms with Gasteiger partial charge in [0.15, 0.2) is 0 Å². The molecule has 0 aliphatic heterocycles. The fraction of sp³-hybridized carbons (Fsp3) is 0.933. The Kier molecular flexibility index (Phi) is 5.20. The number of nitrogens with zero attached hydrogens (tertiary/aromatic N) is 1. The van der Waals surface area contributed by atoms with Crippen LogP contribution < -0.4 is 0 Å². The Hall–Kier alpha value is -0.570. The van der Waals surface area contributed by atoms with Crippen molar-refractivity contribution in [2.75, 3.05) is 6.54 Å². The Balaban J connectivity index is 2.90. The van der Waals surface area contributed by atoms with Crippen molar-refractivity contribution in [1.82, 2.24) is 4.90 Å². The quantitative estimate of drug-likeness (QED) is 0.837. The van der Waals surface area contributed by atoms with E-state index in [9.17, 15) is 4.79 Å². The van der Waals surface area contributed by atoms with Crippen LogP contribution in [0.4, 0.5) is 0 Å². The van der Waals surface area contributed by atoms with E-state index in [4.69, 9.17) is 5.11 Å². The molecule has 0 spiro atoms. The van der Waals surface area contributed by atoms with Gasteiger partial charge in [0.05, 0.1) is 6.54 Å². The number of rotatable bonds is 4. The van der Waals surface area contributed by atoms with E-state index in [1.165, 1.54) is 19.3 Å². The third-order valence-corrected chi connectivity index (χ3v) is 4.21. The summed E-state index contributed by atoms with van der Waals surface area (Å²) in [6.45, 7) is 11.1. The molecule has 2 atom stereocenters. The van der Waals surface area contributed by atoms with Crippen LogP contribution in [-0.4, -0.2) is 34.1 Å². The minimum Gasteiger partial charge on any atom is -0.480 e. The van der Waals surface area contributed by atoms with Crippen LogP contribution in [-0.2, 0) is 4.79 Å². The summed E-state index contributed by atoms with van der Waals surface area (Å²) in [6.07, 6.45) is 4.92. The number of hydrogen-bond acceptors (Lipinski definition) is 2. The molecule has 18 heavy (non-hydrogen) atoms. The Morgan fingerprint density at radius 2 is 1.83 bits per heavy atom. The van der Waals surface area contributed by atoms with Gasteiger partial charge in [-0.3, -0.25) is 9.69 Å². The van der Waals surface area contributed by atoms with E-state index < -0.39 is 5.97 Å². The maximum absolute atomic E-state index is 11.1. The van der Waals surface area contributed by atoms with Crippen LogP contribution in [0.1, 0.15) is 60.3 Å². The van der Waals surface area contributed by atoms with Crippen LogP contribution in [0.2, 0.25) is 0 Å². The molecule has 0 radical (unpaired) electrons. The van der Waals surface area contributed by atoms with Crippen molar-refractivity contribution >= 4 is 5.97 Å². The van der Waals surface area contributed by atoms with Crippen molar-refractivity contribution < 1.29 is 9.90 Å². The standard InChI is InChI=1S/C15H29NO2/c1-11(2)12-8-6-7-9-13(12)16(10-14(17)18)15(3,4)5/h11-13H,6-10H2,1-5H3,(H,17,18). The van der Waals surface area contributed by atoms with E-state index in [0.717, 1.165) is 6.42 Å². The summed E-state index contributed by atoms with van der Waals surface area (Å²) in [5.74, 6) is 0.560. The summed E-state index contributed by atoms with van der Waals surface area (Å²) in [5.41, 5.74) is -0.0759. The zero-order valence-corrected chi connectivity index (χ0v) is 12.6. The first-order chi connectivity index (χ1) is 8.23. The molecule has 0 aromatic carbocycles. The van der Waals surface area contributed by atoms with E-state index >= 15 is 0 Å². The summed E-state index contributed by atoms with van der Waals surface area (Å²) in [4.78, 5) is 13.3. The number of carboxylic acids is 1. The van der Waals surface area contributed by atoms with E-state index in [0.29, 0.717) is 17.9 Å². The van der Waals surface area contributed by atoms with Crippen molar-refractivity contribution in [3.8, 4) is 0 Å². The predicted molar refractivity (Wildman–Crippen MR) is 74.7 cm³/mol. The van der Waals surface area contributed by atoms with E-state index in [1.807, 2.05) is 0 Å². The minimum atomic E-state index is -0.710. The Morgan fingerprint density at radius 3 is 2.28 bits per heavy atom. The van der Waals surface area contributed by atoms with Gasteiger partial charge in [-0.25, -0.2) is 0 Å². The molecule has 1 saturated carbocycles. The molecule has 0 amide bonds. The smallest absolute Gasteiger partial charge is 0.317 e. The third-order valence-electron chi connectivity index (χ3n) is 4.21. The summed E-state index contributed by atoms with van der Waals surface area (Å²) >= 11 is 0. The minimum absolute atomic E-state index is 0.0759. The molecular weight excluding hydrogens is 226 g/mol. The molecule has 1 rings (SSSR count). The second-order valence-electron chi connectivity index (χ2n) is 6.95. The largest absolute Gasteiger partial charge is 0.480 e. The zero-order valence-electron chi connectivity index (χ0n) is 12.6. The molecule has 0 aromatic rings. The highest BCUT2D eigenvalue weighted by Gasteiger charge is 2.37. The Morgan fingerprint density at radius 1 is 1.28 bits per heavy atom. The first-order valence-electron chi connectivity index (χ1n) is 7.22. The molecule has 0 heterocycles. The first-order valence-corrected chi connectivity index (χ1v) is 7.22. The van der Waals surface area contributed by atoms with Crippen LogP contribution in [0.3, 0.4) is 0 Å². The van der Waals surface area contributed by atoms with Gasteiger partial charge in [-0.1, -0.05) is 26.7 Å². The monoisotopic (exact) mass is 255 g/mol. The number of aliphatic carboxylic acids is 1. The maximum atomic E-state index is 11.1. The molecule has 1 aliphatic carbocycles. The van der Waals surface area contributed by atoms with Gasteiger partial charge in [0.2, 0.25) is 0 Å². The normalized spacial score (nSPS) is 25.7. The molecule has 2 unspecified atom stereocenters. The van der Waals surface area contributed by atoms with Gasteiger partial charge in [0.1, 0.15) is 0 Å². The summed E-state index contributed by atoms with van der Waals surface area (Å²) < 4.78 is 0. The predicted octanol–water partition coefficient (Wildman–Crippen LogP) is 3.39. The second kappa shape index (κ2) is 6.05. The topological polar surface area (TPSA) is 40.5 Å². The van der Waals surface area contributed by atoms with E-state index in [2.05, 4.69) is 39.5 Å². The van der Waals surface area contributed by atoms with Gasteiger partial charge in [0, 0.05) is 11.6 Å². The van der Waals surface area contributed by atoms with Gasteiger partial charge in [-0.15, -0.1) is 0 Å². The summed E-state index contributed by atoms with van der Waals surface area (Å²) in [5, 5.41) is 9.16. The second-order valence-corrected chi connectivity index (χ2v) is 6.95. The lowest BCUT2D eigenvalue weighted by atomic mass is 9.76.